The van der Waals surface area contributed by atoms with Gasteiger partial charge in [-0.15, -0.1) is 0 Å². The van der Waals surface area contributed by atoms with Crippen LogP contribution in [-0.2, 0) is 17.8 Å². The Morgan fingerprint density at radius 1 is 1.52 bits per heavy atom. The van der Waals surface area contributed by atoms with Crippen molar-refractivity contribution >= 4 is 16.9 Å². The average Bonchev–Trinajstić information content (AvgIpc) is 2.80. The Morgan fingerprint density at radius 2 is 2.29 bits per heavy atom. The Hall–Kier alpha value is -2.06. The summed E-state index contributed by atoms with van der Waals surface area (Å²) in [5.41, 5.74) is 7.22. The van der Waals surface area contributed by atoms with Gasteiger partial charge in [-0.25, -0.2) is 9.97 Å². The number of rotatable bonds is 7. The number of methoxy groups -OCH3 is 1. The second-order valence-electron chi connectivity index (χ2n) is 4.99. The van der Waals surface area contributed by atoms with E-state index in [1.807, 2.05) is 11.5 Å². The summed E-state index contributed by atoms with van der Waals surface area (Å²) in [7, 11) is 1.56. The summed E-state index contributed by atoms with van der Waals surface area (Å²) in [6.45, 7) is 2.50. The highest BCUT2D eigenvalue weighted by Crippen LogP contribution is 2.25. The minimum atomic E-state index is -0.269. The van der Waals surface area contributed by atoms with E-state index in [0.717, 1.165) is 0 Å². The van der Waals surface area contributed by atoms with E-state index < -0.39 is 0 Å². The van der Waals surface area contributed by atoms with Gasteiger partial charge in [0.2, 0.25) is 0 Å². The van der Waals surface area contributed by atoms with Gasteiger partial charge in [-0.1, -0.05) is 12.1 Å². The van der Waals surface area contributed by atoms with Gasteiger partial charge >= 0.3 is 0 Å². The number of aromatic nitrogens is 3. The second kappa shape index (κ2) is 6.59. The third-order valence-corrected chi connectivity index (χ3v) is 3.60. The van der Waals surface area contributed by atoms with Crippen LogP contribution in [0.5, 0.6) is 0 Å². The molecule has 0 aliphatic rings. The van der Waals surface area contributed by atoms with Crippen LogP contribution in [0.15, 0.2) is 17.7 Å². The molecular formula is C13H19N5O3. The molecule has 0 aliphatic carbocycles. The predicted octanol–water partition coefficient (Wildman–Crippen LogP) is 0.923. The van der Waals surface area contributed by atoms with Crippen molar-refractivity contribution in [1.29, 1.82) is 0 Å². The van der Waals surface area contributed by atoms with Crippen molar-refractivity contribution in [3.8, 4) is 0 Å². The van der Waals surface area contributed by atoms with Gasteiger partial charge in [0.15, 0.2) is 0 Å². The van der Waals surface area contributed by atoms with Gasteiger partial charge < -0.3 is 20.1 Å². The summed E-state index contributed by atoms with van der Waals surface area (Å²) in [6.07, 6.45) is 2.92. The third kappa shape index (κ3) is 3.01. The van der Waals surface area contributed by atoms with E-state index >= 15 is 0 Å². The van der Waals surface area contributed by atoms with Crippen LogP contribution in [0, 0.1) is 10.8 Å². The standard InChI is InChI=1S/C13H19N5O3/c1-8(10(6-19)21-2)4-18-5-9(3-17-20)11-12(14)15-7-16-13(11)18/h5,7-8,10,19H,3-4,6H2,1-2H3,(H2,14,15,16). The number of hydrogen-bond donors (Lipinski definition) is 2. The lowest BCUT2D eigenvalue weighted by Crippen LogP contribution is -2.27. The fourth-order valence-corrected chi connectivity index (χ4v) is 2.47. The first-order chi connectivity index (χ1) is 10.1. The SMILES string of the molecule is COC(CO)C(C)Cn1cc(CN=O)c2c(N)ncnc21. The first-order valence-corrected chi connectivity index (χ1v) is 6.63. The molecule has 8 heteroatoms. The van der Waals surface area contributed by atoms with Gasteiger partial charge in [0.05, 0.1) is 18.1 Å². The zero-order valence-electron chi connectivity index (χ0n) is 12.1. The van der Waals surface area contributed by atoms with Crippen LogP contribution >= 0.6 is 0 Å². The number of hydrogen-bond acceptors (Lipinski definition) is 7. The zero-order valence-corrected chi connectivity index (χ0v) is 12.1. The number of nitroso groups, excluding NO2 is 1. The molecule has 0 spiro atoms. The highest BCUT2D eigenvalue weighted by molar-refractivity contribution is 5.89. The van der Waals surface area contributed by atoms with Crippen LogP contribution in [0.2, 0.25) is 0 Å². The van der Waals surface area contributed by atoms with Crippen LogP contribution in [0.1, 0.15) is 12.5 Å². The number of aliphatic hydroxyl groups is 1. The molecule has 2 heterocycles. The van der Waals surface area contributed by atoms with Crippen LogP contribution < -0.4 is 5.73 Å². The van der Waals surface area contributed by atoms with Crippen molar-refractivity contribution in [1.82, 2.24) is 14.5 Å². The molecule has 21 heavy (non-hydrogen) atoms. The second-order valence-corrected chi connectivity index (χ2v) is 4.99. The third-order valence-electron chi connectivity index (χ3n) is 3.60. The number of nitrogen functional groups attached to an aromatic ring is 1. The summed E-state index contributed by atoms with van der Waals surface area (Å²) in [6, 6.07) is 0. The summed E-state index contributed by atoms with van der Waals surface area (Å²) < 4.78 is 7.12. The van der Waals surface area contributed by atoms with Gasteiger partial charge in [0, 0.05) is 31.3 Å². The molecule has 0 amide bonds. The lowest BCUT2D eigenvalue weighted by molar-refractivity contribution is 0.00827. The predicted molar refractivity (Wildman–Crippen MR) is 78.5 cm³/mol. The van der Waals surface area contributed by atoms with Gasteiger partial charge in [0.1, 0.15) is 24.3 Å². The monoisotopic (exact) mass is 293 g/mol. The molecule has 114 valence electrons. The largest absolute Gasteiger partial charge is 0.394 e. The Labute approximate surface area is 121 Å². The number of anilines is 1. The summed E-state index contributed by atoms with van der Waals surface area (Å²) in [5, 5.41) is 12.9. The van der Waals surface area contributed by atoms with E-state index in [1.165, 1.54) is 6.33 Å². The van der Waals surface area contributed by atoms with Gasteiger partial charge in [-0.2, -0.15) is 4.91 Å². The topological polar surface area (TPSA) is 116 Å². The van der Waals surface area contributed by atoms with Gasteiger partial charge in [-0.05, 0) is 0 Å². The summed E-state index contributed by atoms with van der Waals surface area (Å²) in [5.74, 6) is 0.388. The van der Waals surface area contributed by atoms with E-state index in [-0.39, 0.29) is 25.2 Å². The number of fused-ring (bicyclic) bond motifs is 1. The summed E-state index contributed by atoms with van der Waals surface area (Å²) in [4.78, 5) is 18.8. The minimum Gasteiger partial charge on any atom is -0.394 e. The quantitative estimate of drug-likeness (QED) is 0.733. The number of aliphatic hydroxyl groups excluding tert-OH is 1. The maximum atomic E-state index is 10.6. The Bertz CT molecular complexity index is 624. The van der Waals surface area contributed by atoms with E-state index in [4.69, 9.17) is 10.5 Å². The molecular weight excluding hydrogens is 274 g/mol. The van der Waals surface area contributed by atoms with Crippen molar-refractivity contribution in [2.24, 2.45) is 11.1 Å². The van der Waals surface area contributed by atoms with Crippen LogP contribution in [0.25, 0.3) is 11.0 Å². The van der Waals surface area contributed by atoms with E-state index in [9.17, 15) is 10.0 Å². The lowest BCUT2D eigenvalue weighted by Gasteiger charge is -2.21. The highest BCUT2D eigenvalue weighted by Gasteiger charge is 2.19. The molecule has 2 aromatic rings. The normalized spacial score (nSPS) is 14.2. The van der Waals surface area contributed by atoms with Crippen molar-refractivity contribution in [3.63, 3.8) is 0 Å². The Balaban J connectivity index is 2.40. The molecule has 2 unspecified atom stereocenters. The first-order valence-electron chi connectivity index (χ1n) is 6.63. The number of nitrogens with two attached hydrogens (primary N) is 1. The molecule has 0 aromatic carbocycles. The van der Waals surface area contributed by atoms with Crippen molar-refractivity contribution in [2.45, 2.75) is 26.1 Å². The molecule has 2 rings (SSSR count). The Morgan fingerprint density at radius 3 is 2.90 bits per heavy atom. The van der Waals surface area contributed by atoms with E-state index in [0.29, 0.717) is 29.0 Å². The highest BCUT2D eigenvalue weighted by atomic mass is 16.5. The van der Waals surface area contributed by atoms with Crippen molar-refractivity contribution < 1.29 is 9.84 Å². The van der Waals surface area contributed by atoms with Gasteiger partial charge in [-0.3, -0.25) is 0 Å². The van der Waals surface area contributed by atoms with E-state index in [1.54, 1.807) is 13.3 Å². The van der Waals surface area contributed by atoms with Crippen molar-refractivity contribution in [3.05, 3.63) is 23.0 Å². The smallest absolute Gasteiger partial charge is 0.145 e. The van der Waals surface area contributed by atoms with E-state index in [2.05, 4.69) is 15.1 Å². The molecule has 0 aliphatic heterocycles. The molecule has 2 aromatic heterocycles. The molecule has 0 saturated heterocycles. The number of ether oxygens (including phenoxy) is 1. The number of nitrogens with zero attached hydrogens (tertiary/aromatic N) is 4. The molecule has 3 N–H and O–H groups in total. The first kappa shape index (κ1) is 15.3. The summed E-state index contributed by atoms with van der Waals surface area (Å²) >= 11 is 0. The van der Waals surface area contributed by atoms with Gasteiger partial charge in [0.25, 0.3) is 0 Å². The molecule has 2 atom stereocenters. The molecule has 0 radical (unpaired) electrons. The maximum absolute atomic E-state index is 10.6. The molecule has 0 saturated carbocycles. The van der Waals surface area contributed by atoms with Crippen LogP contribution in [0.3, 0.4) is 0 Å². The van der Waals surface area contributed by atoms with Crippen molar-refractivity contribution in [2.75, 3.05) is 19.5 Å². The lowest BCUT2D eigenvalue weighted by atomic mass is 10.1. The van der Waals surface area contributed by atoms with Crippen LogP contribution in [0.4, 0.5) is 5.82 Å². The fourth-order valence-electron chi connectivity index (χ4n) is 2.47. The average molecular weight is 293 g/mol. The zero-order chi connectivity index (χ0) is 15.4. The molecule has 8 nitrogen and oxygen atoms in total. The van der Waals surface area contributed by atoms with Crippen LogP contribution in [-0.4, -0.2) is 39.5 Å². The maximum Gasteiger partial charge on any atom is 0.145 e. The molecule has 0 bridgehead atoms. The Kier molecular flexibility index (Phi) is 4.81. The molecule has 0 fully saturated rings. The minimum absolute atomic E-state index is 0.0170. The fraction of sp³-hybridized carbons (Fsp3) is 0.538.